The number of anilines is 2. The van der Waals surface area contributed by atoms with Crippen LogP contribution in [0.1, 0.15) is 0 Å². The van der Waals surface area contributed by atoms with E-state index in [0.717, 1.165) is 5.75 Å². The third kappa shape index (κ3) is 4.78. The maximum absolute atomic E-state index is 12.8. The van der Waals surface area contributed by atoms with Gasteiger partial charge in [-0.05, 0) is 48.5 Å². The first kappa shape index (κ1) is 20.3. The number of amides is 3. The van der Waals surface area contributed by atoms with E-state index < -0.39 is 0 Å². The largest absolute Gasteiger partial charge is 0.495 e. The molecule has 158 valence electrons. The highest BCUT2D eigenvalue weighted by molar-refractivity contribution is 6.00. The number of carbonyl (C=O) groups excluding carboxylic acids is 2. The predicted octanol–water partition coefficient (Wildman–Crippen LogP) is 4.37. The minimum Gasteiger partial charge on any atom is -0.495 e. The lowest BCUT2D eigenvalue weighted by Gasteiger charge is -2.20. The SMILES string of the molecule is COc1ccccc1N1CCN(CC(=O)Nc2ccc(Oc3ccccc3)cc2)C1=O. The second-order valence-electron chi connectivity index (χ2n) is 7.02. The number of methoxy groups -OCH3 is 1. The first-order valence-corrected chi connectivity index (χ1v) is 9.96. The Balaban J connectivity index is 1.33. The van der Waals surface area contributed by atoms with Gasteiger partial charge in [-0.2, -0.15) is 0 Å². The average Bonchev–Trinajstić information content (AvgIpc) is 3.15. The monoisotopic (exact) mass is 417 g/mol. The van der Waals surface area contributed by atoms with Gasteiger partial charge in [0.25, 0.3) is 0 Å². The first-order valence-electron chi connectivity index (χ1n) is 9.96. The van der Waals surface area contributed by atoms with Crippen LogP contribution in [0, 0.1) is 0 Å². The van der Waals surface area contributed by atoms with Crippen LogP contribution in [0.25, 0.3) is 0 Å². The zero-order chi connectivity index (χ0) is 21.6. The zero-order valence-corrected chi connectivity index (χ0v) is 17.2. The number of rotatable bonds is 7. The molecule has 7 heteroatoms. The van der Waals surface area contributed by atoms with Gasteiger partial charge in [0.2, 0.25) is 5.91 Å². The van der Waals surface area contributed by atoms with Crippen LogP contribution in [0.2, 0.25) is 0 Å². The highest BCUT2D eigenvalue weighted by atomic mass is 16.5. The van der Waals surface area contributed by atoms with Crippen molar-refractivity contribution in [2.45, 2.75) is 0 Å². The Morgan fingerprint density at radius 1 is 0.903 bits per heavy atom. The van der Waals surface area contributed by atoms with Gasteiger partial charge in [0.05, 0.1) is 12.8 Å². The minimum absolute atomic E-state index is 0.0211. The second-order valence-corrected chi connectivity index (χ2v) is 7.02. The predicted molar refractivity (Wildman–Crippen MR) is 119 cm³/mol. The van der Waals surface area contributed by atoms with E-state index in [4.69, 9.17) is 9.47 Å². The van der Waals surface area contributed by atoms with E-state index in [9.17, 15) is 9.59 Å². The quantitative estimate of drug-likeness (QED) is 0.620. The average molecular weight is 417 g/mol. The topological polar surface area (TPSA) is 71.1 Å². The number of hydrogen-bond donors (Lipinski definition) is 1. The van der Waals surface area contributed by atoms with Gasteiger partial charge < -0.3 is 19.7 Å². The van der Waals surface area contributed by atoms with E-state index in [1.165, 1.54) is 4.90 Å². The van der Waals surface area contributed by atoms with E-state index in [1.807, 2.05) is 54.6 Å². The molecule has 3 amide bonds. The van der Waals surface area contributed by atoms with Gasteiger partial charge in [0, 0.05) is 18.8 Å². The summed E-state index contributed by atoms with van der Waals surface area (Å²) in [6, 6.07) is 23.7. The third-order valence-corrected chi connectivity index (χ3v) is 4.92. The lowest BCUT2D eigenvalue weighted by Crippen LogP contribution is -2.37. The fourth-order valence-electron chi connectivity index (χ4n) is 3.41. The van der Waals surface area contributed by atoms with Crippen molar-refractivity contribution in [2.24, 2.45) is 0 Å². The number of benzene rings is 3. The van der Waals surface area contributed by atoms with E-state index >= 15 is 0 Å². The number of nitrogens with one attached hydrogen (secondary N) is 1. The van der Waals surface area contributed by atoms with Crippen LogP contribution in [0.15, 0.2) is 78.9 Å². The van der Waals surface area contributed by atoms with E-state index in [-0.39, 0.29) is 18.5 Å². The lowest BCUT2D eigenvalue weighted by atomic mass is 10.2. The molecular weight excluding hydrogens is 394 g/mol. The van der Waals surface area contributed by atoms with Crippen LogP contribution in [-0.4, -0.2) is 43.6 Å². The molecule has 0 bridgehead atoms. The summed E-state index contributed by atoms with van der Waals surface area (Å²) in [7, 11) is 1.57. The van der Waals surface area contributed by atoms with Crippen LogP contribution < -0.4 is 19.7 Å². The van der Waals surface area contributed by atoms with Crippen molar-refractivity contribution < 1.29 is 19.1 Å². The molecule has 4 rings (SSSR count). The molecule has 0 aromatic heterocycles. The Hall–Kier alpha value is -4.00. The molecule has 0 radical (unpaired) electrons. The van der Waals surface area contributed by atoms with E-state index in [2.05, 4.69) is 5.32 Å². The first-order chi connectivity index (χ1) is 15.1. The van der Waals surface area contributed by atoms with Gasteiger partial charge >= 0.3 is 6.03 Å². The fourth-order valence-corrected chi connectivity index (χ4v) is 3.41. The van der Waals surface area contributed by atoms with E-state index in [1.54, 1.807) is 36.3 Å². The molecule has 1 saturated heterocycles. The fraction of sp³-hybridized carbons (Fsp3) is 0.167. The van der Waals surface area contributed by atoms with Crippen LogP contribution in [0.3, 0.4) is 0 Å². The number of para-hydroxylation sites is 3. The number of carbonyl (C=O) groups is 2. The van der Waals surface area contributed by atoms with Gasteiger partial charge in [-0.15, -0.1) is 0 Å². The third-order valence-electron chi connectivity index (χ3n) is 4.92. The molecule has 3 aromatic carbocycles. The number of hydrogen-bond acceptors (Lipinski definition) is 4. The van der Waals surface area contributed by atoms with Crippen LogP contribution in [0.4, 0.5) is 16.2 Å². The standard InChI is InChI=1S/C24H23N3O4/c1-30-22-10-6-5-9-21(22)27-16-15-26(24(27)29)17-23(28)25-18-11-13-20(14-12-18)31-19-7-3-2-4-8-19/h2-14H,15-17H2,1H3,(H,25,28). The summed E-state index contributed by atoms with van der Waals surface area (Å²) in [6.07, 6.45) is 0. The molecule has 0 aliphatic carbocycles. The molecule has 0 saturated carbocycles. The van der Waals surface area contributed by atoms with Crippen LogP contribution in [-0.2, 0) is 4.79 Å². The Bertz CT molecular complexity index is 1050. The molecule has 1 heterocycles. The van der Waals surface area contributed by atoms with Crippen molar-refractivity contribution in [3.63, 3.8) is 0 Å². The van der Waals surface area contributed by atoms with Gasteiger partial charge in [-0.1, -0.05) is 30.3 Å². The highest BCUT2D eigenvalue weighted by Gasteiger charge is 2.32. The Morgan fingerprint density at radius 3 is 2.32 bits per heavy atom. The van der Waals surface area contributed by atoms with Gasteiger partial charge in [0.1, 0.15) is 23.8 Å². The van der Waals surface area contributed by atoms with Gasteiger partial charge in [-0.25, -0.2) is 4.79 Å². The Labute approximate surface area is 180 Å². The van der Waals surface area contributed by atoms with Crippen molar-refractivity contribution in [3.8, 4) is 17.2 Å². The van der Waals surface area contributed by atoms with Crippen molar-refractivity contribution in [1.82, 2.24) is 4.90 Å². The lowest BCUT2D eigenvalue weighted by molar-refractivity contribution is -0.116. The minimum atomic E-state index is -0.257. The summed E-state index contributed by atoms with van der Waals surface area (Å²) in [4.78, 5) is 28.4. The Kier molecular flexibility index (Phi) is 6.03. The summed E-state index contributed by atoms with van der Waals surface area (Å²) >= 11 is 0. The zero-order valence-electron chi connectivity index (χ0n) is 17.2. The maximum atomic E-state index is 12.8. The summed E-state index contributed by atoms with van der Waals surface area (Å²) in [5.41, 5.74) is 1.34. The summed E-state index contributed by atoms with van der Waals surface area (Å²) < 4.78 is 11.1. The normalized spacial score (nSPS) is 13.3. The number of nitrogens with zero attached hydrogens (tertiary/aromatic N) is 2. The molecule has 1 N–H and O–H groups in total. The van der Waals surface area contributed by atoms with Crippen LogP contribution in [0.5, 0.6) is 17.2 Å². The van der Waals surface area contributed by atoms with Crippen molar-refractivity contribution >= 4 is 23.3 Å². The van der Waals surface area contributed by atoms with Crippen molar-refractivity contribution in [1.29, 1.82) is 0 Å². The summed E-state index contributed by atoms with van der Waals surface area (Å²) in [6.45, 7) is 0.943. The van der Waals surface area contributed by atoms with Gasteiger partial charge in [0.15, 0.2) is 0 Å². The number of ether oxygens (including phenoxy) is 2. The summed E-state index contributed by atoms with van der Waals surface area (Å²) in [5, 5.41) is 2.83. The molecule has 3 aromatic rings. The molecule has 0 atom stereocenters. The molecule has 0 spiro atoms. The molecule has 1 fully saturated rings. The van der Waals surface area contributed by atoms with E-state index in [0.29, 0.717) is 36.0 Å². The highest BCUT2D eigenvalue weighted by Crippen LogP contribution is 2.30. The molecule has 1 aliphatic rings. The Morgan fingerprint density at radius 2 is 1.58 bits per heavy atom. The molecule has 0 unspecified atom stereocenters. The molecule has 1 aliphatic heterocycles. The molecule has 31 heavy (non-hydrogen) atoms. The van der Waals surface area contributed by atoms with Crippen molar-refractivity contribution in [3.05, 3.63) is 78.9 Å². The molecule has 7 nitrogen and oxygen atoms in total. The van der Waals surface area contributed by atoms with Crippen LogP contribution >= 0.6 is 0 Å². The smallest absolute Gasteiger partial charge is 0.325 e. The molecular formula is C24H23N3O4. The number of urea groups is 1. The summed E-state index contributed by atoms with van der Waals surface area (Å²) in [5.74, 6) is 1.78. The maximum Gasteiger partial charge on any atom is 0.325 e. The van der Waals surface area contributed by atoms with Gasteiger partial charge in [-0.3, -0.25) is 9.69 Å². The van der Waals surface area contributed by atoms with Crippen molar-refractivity contribution in [2.75, 3.05) is 37.0 Å². The second kappa shape index (κ2) is 9.21.